The van der Waals surface area contributed by atoms with Gasteiger partial charge in [0, 0.05) is 21.6 Å². The van der Waals surface area contributed by atoms with Crippen molar-refractivity contribution in [2.24, 2.45) is 0 Å². The molecule has 0 bridgehead atoms. The summed E-state index contributed by atoms with van der Waals surface area (Å²) in [6.07, 6.45) is -0.846. The molecule has 0 saturated heterocycles. The van der Waals surface area contributed by atoms with Crippen LogP contribution in [0, 0.1) is 0 Å². The average molecular weight is 245 g/mol. The number of benzene rings is 1. The summed E-state index contributed by atoms with van der Waals surface area (Å²) in [5, 5.41) is 10.9. The second-order valence-electron chi connectivity index (χ2n) is 3.41. The highest BCUT2D eigenvalue weighted by Gasteiger charge is 2.30. The van der Waals surface area contributed by atoms with E-state index < -0.39 is 15.9 Å². The minimum absolute atomic E-state index is 0.172. The Bertz CT molecular complexity index is 544. The average Bonchev–Trinajstić information content (AvgIpc) is 2.40. The SMILES string of the molecule is CC(O)C1=CS(=O)(=O)c2cccc(Cl)c21. The fourth-order valence-corrected chi connectivity index (χ4v) is 3.51. The van der Waals surface area contributed by atoms with Gasteiger partial charge in [0.25, 0.3) is 0 Å². The Kier molecular flexibility index (Phi) is 2.37. The highest BCUT2D eigenvalue weighted by atomic mass is 35.5. The molecule has 1 aliphatic heterocycles. The molecule has 1 aromatic carbocycles. The van der Waals surface area contributed by atoms with Gasteiger partial charge in [-0.25, -0.2) is 8.42 Å². The van der Waals surface area contributed by atoms with Gasteiger partial charge in [-0.05, 0) is 19.1 Å². The Morgan fingerprint density at radius 2 is 2.07 bits per heavy atom. The monoisotopic (exact) mass is 244 g/mol. The lowest BCUT2D eigenvalue weighted by Crippen LogP contribution is -2.02. The second-order valence-corrected chi connectivity index (χ2v) is 5.58. The van der Waals surface area contributed by atoms with Crippen molar-refractivity contribution in [3.05, 3.63) is 34.2 Å². The summed E-state index contributed by atoms with van der Waals surface area (Å²) in [6, 6.07) is 4.68. The van der Waals surface area contributed by atoms with Crippen molar-refractivity contribution in [2.75, 3.05) is 0 Å². The largest absolute Gasteiger partial charge is 0.389 e. The number of fused-ring (bicyclic) bond motifs is 1. The van der Waals surface area contributed by atoms with Gasteiger partial charge in [0.1, 0.15) is 0 Å². The number of aliphatic hydroxyl groups excluding tert-OH is 1. The van der Waals surface area contributed by atoms with Crippen molar-refractivity contribution in [3.63, 3.8) is 0 Å². The van der Waals surface area contributed by atoms with E-state index in [2.05, 4.69) is 0 Å². The molecule has 80 valence electrons. The fourth-order valence-electron chi connectivity index (χ4n) is 1.62. The van der Waals surface area contributed by atoms with Crippen LogP contribution in [0.3, 0.4) is 0 Å². The van der Waals surface area contributed by atoms with Crippen molar-refractivity contribution >= 4 is 27.0 Å². The number of sulfone groups is 1. The first kappa shape index (κ1) is 10.7. The highest BCUT2D eigenvalue weighted by Crippen LogP contribution is 2.39. The normalized spacial score (nSPS) is 19.5. The summed E-state index contributed by atoms with van der Waals surface area (Å²) in [5.74, 6) is 0. The summed E-state index contributed by atoms with van der Waals surface area (Å²) >= 11 is 5.92. The Morgan fingerprint density at radius 3 is 2.67 bits per heavy atom. The van der Waals surface area contributed by atoms with Crippen LogP contribution >= 0.6 is 11.6 Å². The van der Waals surface area contributed by atoms with E-state index in [0.29, 0.717) is 16.2 Å². The van der Waals surface area contributed by atoms with E-state index in [1.807, 2.05) is 0 Å². The highest BCUT2D eigenvalue weighted by molar-refractivity contribution is 7.95. The zero-order chi connectivity index (χ0) is 11.2. The maximum atomic E-state index is 11.7. The Hall–Kier alpha value is -0.840. The van der Waals surface area contributed by atoms with E-state index in [4.69, 9.17) is 11.6 Å². The molecule has 15 heavy (non-hydrogen) atoms. The predicted molar refractivity (Wildman–Crippen MR) is 58.3 cm³/mol. The van der Waals surface area contributed by atoms with E-state index in [-0.39, 0.29) is 4.90 Å². The molecule has 0 amide bonds. The van der Waals surface area contributed by atoms with Crippen molar-refractivity contribution in [1.82, 2.24) is 0 Å². The third-order valence-electron chi connectivity index (χ3n) is 2.30. The van der Waals surface area contributed by atoms with Gasteiger partial charge in [0.05, 0.1) is 11.0 Å². The van der Waals surface area contributed by atoms with Crippen LogP contribution in [-0.4, -0.2) is 19.6 Å². The van der Waals surface area contributed by atoms with E-state index >= 15 is 0 Å². The molecule has 0 radical (unpaired) electrons. The number of hydrogen-bond donors (Lipinski definition) is 1. The van der Waals surface area contributed by atoms with Crippen LogP contribution in [0.1, 0.15) is 12.5 Å². The maximum absolute atomic E-state index is 11.7. The molecule has 0 aliphatic carbocycles. The third-order valence-corrected chi connectivity index (χ3v) is 4.14. The molecular weight excluding hydrogens is 236 g/mol. The van der Waals surface area contributed by atoms with Crippen molar-refractivity contribution in [3.8, 4) is 0 Å². The zero-order valence-corrected chi connectivity index (χ0v) is 9.51. The lowest BCUT2D eigenvalue weighted by molar-refractivity contribution is 0.253. The van der Waals surface area contributed by atoms with Gasteiger partial charge in [0.2, 0.25) is 9.84 Å². The van der Waals surface area contributed by atoms with E-state index in [0.717, 1.165) is 5.41 Å². The lowest BCUT2D eigenvalue weighted by atomic mass is 10.0. The molecule has 1 aromatic rings. The topological polar surface area (TPSA) is 54.4 Å². The molecule has 1 atom stereocenters. The summed E-state index contributed by atoms with van der Waals surface area (Å²) in [4.78, 5) is 0.172. The number of halogens is 1. The molecule has 1 unspecified atom stereocenters. The van der Waals surface area contributed by atoms with Crippen LogP contribution in [0.2, 0.25) is 5.02 Å². The van der Waals surface area contributed by atoms with Crippen molar-refractivity contribution in [1.29, 1.82) is 0 Å². The molecule has 5 heteroatoms. The molecule has 0 aromatic heterocycles. The number of aliphatic hydroxyl groups is 1. The maximum Gasteiger partial charge on any atom is 0.200 e. The molecular formula is C10H9ClO3S. The quantitative estimate of drug-likeness (QED) is 0.820. The van der Waals surface area contributed by atoms with Gasteiger partial charge >= 0.3 is 0 Å². The Morgan fingerprint density at radius 1 is 1.40 bits per heavy atom. The smallest absolute Gasteiger partial charge is 0.200 e. The minimum atomic E-state index is -3.43. The predicted octanol–water partition coefficient (Wildman–Crippen LogP) is 1.85. The van der Waals surface area contributed by atoms with Gasteiger partial charge in [0.15, 0.2) is 0 Å². The van der Waals surface area contributed by atoms with Gasteiger partial charge in [-0.3, -0.25) is 0 Å². The van der Waals surface area contributed by atoms with Crippen LogP contribution < -0.4 is 0 Å². The van der Waals surface area contributed by atoms with Crippen LogP contribution in [0.15, 0.2) is 28.5 Å². The molecule has 0 spiro atoms. The summed E-state index contributed by atoms with van der Waals surface area (Å²) in [6.45, 7) is 1.51. The second kappa shape index (κ2) is 3.33. The minimum Gasteiger partial charge on any atom is -0.389 e. The first-order valence-electron chi connectivity index (χ1n) is 4.37. The number of hydrogen-bond acceptors (Lipinski definition) is 3. The van der Waals surface area contributed by atoms with Crippen molar-refractivity contribution in [2.45, 2.75) is 17.9 Å². The first-order valence-corrected chi connectivity index (χ1v) is 6.29. The molecule has 1 heterocycles. The van der Waals surface area contributed by atoms with Crippen LogP contribution in [0.4, 0.5) is 0 Å². The van der Waals surface area contributed by atoms with Gasteiger partial charge in [-0.15, -0.1) is 0 Å². The molecule has 1 N–H and O–H groups in total. The molecule has 0 fully saturated rings. The van der Waals surface area contributed by atoms with Crippen LogP contribution in [0.25, 0.3) is 5.57 Å². The van der Waals surface area contributed by atoms with E-state index in [1.165, 1.54) is 13.0 Å². The van der Waals surface area contributed by atoms with Gasteiger partial charge in [-0.2, -0.15) is 0 Å². The standard InChI is InChI=1S/C10H9ClO3S/c1-6(12)7-5-15(13,14)9-4-2-3-8(11)10(7)9/h2-6,12H,1H3. The van der Waals surface area contributed by atoms with E-state index in [9.17, 15) is 13.5 Å². The Labute approximate surface area is 92.9 Å². The molecule has 3 nitrogen and oxygen atoms in total. The fraction of sp³-hybridized carbons (Fsp3) is 0.200. The summed E-state index contributed by atoms with van der Waals surface area (Å²) in [5.41, 5.74) is 0.782. The first-order chi connectivity index (χ1) is 6.93. The number of rotatable bonds is 1. The van der Waals surface area contributed by atoms with E-state index in [1.54, 1.807) is 12.1 Å². The van der Waals surface area contributed by atoms with Crippen LogP contribution in [0.5, 0.6) is 0 Å². The molecule has 1 aliphatic rings. The van der Waals surface area contributed by atoms with Gasteiger partial charge in [-0.1, -0.05) is 17.7 Å². The zero-order valence-electron chi connectivity index (χ0n) is 7.94. The Balaban J connectivity index is 2.80. The third kappa shape index (κ3) is 1.58. The molecule has 2 rings (SSSR count). The van der Waals surface area contributed by atoms with Gasteiger partial charge < -0.3 is 5.11 Å². The lowest BCUT2D eigenvalue weighted by Gasteiger charge is -2.08. The van der Waals surface area contributed by atoms with Crippen LogP contribution in [-0.2, 0) is 9.84 Å². The summed E-state index contributed by atoms with van der Waals surface area (Å²) in [7, 11) is -3.43. The summed E-state index contributed by atoms with van der Waals surface area (Å²) < 4.78 is 23.3. The molecule has 0 saturated carbocycles. The van der Waals surface area contributed by atoms with Crippen molar-refractivity contribution < 1.29 is 13.5 Å².